The first kappa shape index (κ1) is 12.9. The van der Waals surface area contributed by atoms with Crippen LogP contribution in [0.25, 0.3) is 0 Å². The topological polar surface area (TPSA) is 46.5 Å². The van der Waals surface area contributed by atoms with Crippen LogP contribution in [0.1, 0.15) is 24.5 Å². The number of aliphatic hydroxyl groups is 1. The third-order valence-electron chi connectivity index (χ3n) is 2.17. The molecule has 0 aliphatic heterocycles. The standard InChI is InChI=1S/C11H12ClFO3/c1-16-11(15)5-4-10(14)8-3-2-7(12)6-9(8)13/h2-3,6,10,14H,4-5H2,1H3. The second-order valence-electron chi connectivity index (χ2n) is 3.30. The quantitative estimate of drug-likeness (QED) is 0.831. The molecule has 1 unspecified atom stereocenters. The van der Waals surface area contributed by atoms with Gasteiger partial charge in [-0.1, -0.05) is 17.7 Å². The highest BCUT2D eigenvalue weighted by Gasteiger charge is 2.14. The second kappa shape index (κ2) is 5.82. The minimum absolute atomic E-state index is 0.0414. The van der Waals surface area contributed by atoms with E-state index in [0.717, 1.165) is 6.07 Å². The second-order valence-corrected chi connectivity index (χ2v) is 3.73. The molecule has 0 heterocycles. The van der Waals surface area contributed by atoms with Crippen molar-refractivity contribution in [1.29, 1.82) is 0 Å². The Morgan fingerprint density at radius 3 is 2.88 bits per heavy atom. The van der Waals surface area contributed by atoms with Gasteiger partial charge in [-0.3, -0.25) is 4.79 Å². The lowest BCUT2D eigenvalue weighted by Crippen LogP contribution is -2.06. The molecule has 1 N–H and O–H groups in total. The maximum absolute atomic E-state index is 13.3. The number of benzene rings is 1. The monoisotopic (exact) mass is 246 g/mol. The number of methoxy groups -OCH3 is 1. The summed E-state index contributed by atoms with van der Waals surface area (Å²) in [4.78, 5) is 10.8. The number of carbonyl (C=O) groups excluding carboxylic acids is 1. The van der Waals surface area contributed by atoms with Crippen LogP contribution in [0.4, 0.5) is 4.39 Å². The largest absolute Gasteiger partial charge is 0.469 e. The summed E-state index contributed by atoms with van der Waals surface area (Å²) in [5, 5.41) is 9.91. The van der Waals surface area contributed by atoms with E-state index in [1.54, 1.807) is 0 Å². The fourth-order valence-electron chi connectivity index (χ4n) is 1.28. The van der Waals surface area contributed by atoms with Crippen molar-refractivity contribution in [3.63, 3.8) is 0 Å². The Balaban J connectivity index is 2.65. The Labute approximate surface area is 97.8 Å². The predicted octanol–water partition coefficient (Wildman–Crippen LogP) is 2.47. The lowest BCUT2D eigenvalue weighted by atomic mass is 10.0. The van der Waals surface area contributed by atoms with Gasteiger partial charge in [0.2, 0.25) is 0 Å². The van der Waals surface area contributed by atoms with Crippen molar-refractivity contribution in [2.75, 3.05) is 7.11 Å². The smallest absolute Gasteiger partial charge is 0.305 e. The molecule has 1 aromatic carbocycles. The normalized spacial score (nSPS) is 12.2. The molecule has 3 nitrogen and oxygen atoms in total. The number of halogens is 2. The van der Waals surface area contributed by atoms with E-state index in [2.05, 4.69) is 4.74 Å². The summed E-state index contributed by atoms with van der Waals surface area (Å²) in [6, 6.07) is 4.01. The summed E-state index contributed by atoms with van der Waals surface area (Å²) in [5.74, 6) is -1.02. The lowest BCUT2D eigenvalue weighted by molar-refractivity contribution is -0.141. The van der Waals surface area contributed by atoms with Gasteiger partial charge in [0.1, 0.15) is 5.82 Å². The zero-order chi connectivity index (χ0) is 12.1. The van der Waals surface area contributed by atoms with E-state index in [9.17, 15) is 14.3 Å². The van der Waals surface area contributed by atoms with E-state index >= 15 is 0 Å². The van der Waals surface area contributed by atoms with Crippen molar-refractivity contribution in [2.45, 2.75) is 18.9 Å². The van der Waals surface area contributed by atoms with Crippen molar-refractivity contribution >= 4 is 17.6 Å². The van der Waals surface area contributed by atoms with Crippen LogP contribution in [0.3, 0.4) is 0 Å². The van der Waals surface area contributed by atoms with Crippen LogP contribution in [-0.4, -0.2) is 18.2 Å². The molecule has 1 aromatic rings. The van der Waals surface area contributed by atoms with Gasteiger partial charge in [0.15, 0.2) is 0 Å². The first-order valence-corrected chi connectivity index (χ1v) is 5.12. The maximum Gasteiger partial charge on any atom is 0.305 e. The Hall–Kier alpha value is -1.13. The van der Waals surface area contributed by atoms with Gasteiger partial charge in [-0.05, 0) is 18.6 Å². The van der Waals surface area contributed by atoms with Crippen LogP contribution in [0.15, 0.2) is 18.2 Å². The van der Waals surface area contributed by atoms with E-state index in [0.29, 0.717) is 0 Å². The van der Waals surface area contributed by atoms with Crippen LogP contribution < -0.4 is 0 Å². The minimum atomic E-state index is -1.03. The number of esters is 1. The molecule has 0 amide bonds. The molecule has 0 spiro atoms. The van der Waals surface area contributed by atoms with Crippen LogP contribution in [0, 0.1) is 5.82 Å². The zero-order valence-electron chi connectivity index (χ0n) is 8.74. The molecule has 0 radical (unpaired) electrons. The molecule has 1 rings (SSSR count). The van der Waals surface area contributed by atoms with Crippen molar-refractivity contribution in [3.05, 3.63) is 34.6 Å². The SMILES string of the molecule is COC(=O)CCC(O)c1ccc(Cl)cc1F. The first-order chi connectivity index (χ1) is 7.54. The molecule has 0 aliphatic rings. The Morgan fingerprint density at radius 2 is 2.31 bits per heavy atom. The highest BCUT2D eigenvalue weighted by Crippen LogP contribution is 2.23. The molecular formula is C11H12ClFO3. The molecule has 5 heteroatoms. The van der Waals surface area contributed by atoms with Crippen molar-refractivity contribution in [1.82, 2.24) is 0 Å². The van der Waals surface area contributed by atoms with Crippen LogP contribution in [-0.2, 0) is 9.53 Å². The number of carbonyl (C=O) groups is 1. The summed E-state index contributed by atoms with van der Waals surface area (Å²) in [5.41, 5.74) is 0.133. The average molecular weight is 247 g/mol. The minimum Gasteiger partial charge on any atom is -0.469 e. The molecule has 88 valence electrons. The van der Waals surface area contributed by atoms with E-state index in [4.69, 9.17) is 11.6 Å². The summed E-state index contributed by atoms with van der Waals surface area (Å²) >= 11 is 5.58. The van der Waals surface area contributed by atoms with Gasteiger partial charge < -0.3 is 9.84 Å². The average Bonchev–Trinajstić information content (AvgIpc) is 2.25. The Bertz CT molecular complexity index is 381. The van der Waals surface area contributed by atoms with E-state index in [-0.39, 0.29) is 23.4 Å². The third-order valence-corrected chi connectivity index (χ3v) is 2.41. The zero-order valence-corrected chi connectivity index (χ0v) is 9.50. The first-order valence-electron chi connectivity index (χ1n) is 4.74. The third kappa shape index (κ3) is 3.47. The molecule has 0 saturated carbocycles. The van der Waals surface area contributed by atoms with Crippen LogP contribution >= 0.6 is 11.6 Å². The predicted molar refractivity (Wildman–Crippen MR) is 57.6 cm³/mol. The maximum atomic E-state index is 13.3. The summed E-state index contributed by atoms with van der Waals surface area (Å²) < 4.78 is 17.8. The van der Waals surface area contributed by atoms with Crippen molar-refractivity contribution < 1.29 is 19.0 Å². The Kier molecular flexibility index (Phi) is 4.71. The molecule has 0 fully saturated rings. The molecule has 0 saturated heterocycles. The van der Waals surface area contributed by atoms with Gasteiger partial charge in [0.25, 0.3) is 0 Å². The summed E-state index contributed by atoms with van der Waals surface area (Å²) in [7, 11) is 1.26. The molecule has 0 bridgehead atoms. The van der Waals surface area contributed by atoms with Gasteiger partial charge in [0, 0.05) is 17.0 Å². The van der Waals surface area contributed by atoms with Gasteiger partial charge in [-0.2, -0.15) is 0 Å². The van der Waals surface area contributed by atoms with Gasteiger partial charge in [-0.25, -0.2) is 4.39 Å². The molecule has 16 heavy (non-hydrogen) atoms. The van der Waals surface area contributed by atoms with Gasteiger partial charge in [-0.15, -0.1) is 0 Å². The highest BCUT2D eigenvalue weighted by molar-refractivity contribution is 6.30. The molecular weight excluding hydrogens is 235 g/mol. The lowest BCUT2D eigenvalue weighted by Gasteiger charge is -2.11. The number of rotatable bonds is 4. The van der Waals surface area contributed by atoms with Gasteiger partial charge in [0.05, 0.1) is 13.2 Å². The molecule has 0 aliphatic carbocycles. The van der Waals surface area contributed by atoms with Crippen LogP contribution in [0.2, 0.25) is 5.02 Å². The van der Waals surface area contributed by atoms with Gasteiger partial charge >= 0.3 is 5.97 Å². The number of hydrogen-bond acceptors (Lipinski definition) is 3. The number of hydrogen-bond donors (Lipinski definition) is 1. The van der Waals surface area contributed by atoms with Crippen molar-refractivity contribution in [3.8, 4) is 0 Å². The fourth-order valence-corrected chi connectivity index (χ4v) is 1.44. The van der Waals surface area contributed by atoms with Crippen LogP contribution in [0.5, 0.6) is 0 Å². The molecule has 1 atom stereocenters. The summed E-state index contributed by atoms with van der Waals surface area (Å²) in [6.45, 7) is 0. The number of ether oxygens (including phenoxy) is 1. The summed E-state index contributed by atoms with van der Waals surface area (Å²) in [6.07, 6.45) is -0.873. The van der Waals surface area contributed by atoms with E-state index < -0.39 is 17.9 Å². The van der Waals surface area contributed by atoms with E-state index in [1.807, 2.05) is 0 Å². The van der Waals surface area contributed by atoms with Crippen molar-refractivity contribution in [2.24, 2.45) is 0 Å². The number of aliphatic hydroxyl groups excluding tert-OH is 1. The molecule has 0 aromatic heterocycles. The fraction of sp³-hybridized carbons (Fsp3) is 0.364. The van der Waals surface area contributed by atoms with E-state index in [1.165, 1.54) is 19.2 Å². The highest BCUT2D eigenvalue weighted by atomic mass is 35.5. The Morgan fingerprint density at radius 1 is 1.62 bits per heavy atom.